The highest BCUT2D eigenvalue weighted by Gasteiger charge is 2.13. The largest absolute Gasteiger partial charge is 0.380 e. The number of rotatable bonds is 4. The molecule has 0 fully saturated rings. The summed E-state index contributed by atoms with van der Waals surface area (Å²) < 4.78 is 0.914. The van der Waals surface area contributed by atoms with Crippen molar-refractivity contribution in [3.8, 4) is 0 Å². The number of halogens is 2. The first-order valence-corrected chi connectivity index (χ1v) is 7.49. The third-order valence-electron chi connectivity index (χ3n) is 2.86. The zero-order valence-corrected chi connectivity index (χ0v) is 14.1. The van der Waals surface area contributed by atoms with Crippen LogP contribution in [0.4, 0.5) is 5.69 Å². The van der Waals surface area contributed by atoms with E-state index in [1.807, 2.05) is 6.07 Å². The van der Waals surface area contributed by atoms with Crippen LogP contribution in [0.3, 0.4) is 0 Å². The van der Waals surface area contributed by atoms with E-state index in [1.54, 1.807) is 44.7 Å². The highest BCUT2D eigenvalue weighted by atomic mass is 79.9. The van der Waals surface area contributed by atoms with E-state index in [-0.39, 0.29) is 5.91 Å². The normalized spacial score (nSPS) is 10.3. The van der Waals surface area contributed by atoms with Crippen molar-refractivity contribution >= 4 is 39.1 Å². The van der Waals surface area contributed by atoms with Crippen molar-refractivity contribution < 1.29 is 4.79 Å². The number of pyridine rings is 1. The van der Waals surface area contributed by atoms with Crippen molar-refractivity contribution in [1.29, 1.82) is 0 Å². The van der Waals surface area contributed by atoms with Crippen molar-refractivity contribution in [1.82, 2.24) is 9.88 Å². The number of amides is 1. The van der Waals surface area contributed by atoms with E-state index in [4.69, 9.17) is 11.6 Å². The van der Waals surface area contributed by atoms with Gasteiger partial charge in [0, 0.05) is 48.2 Å². The maximum absolute atomic E-state index is 12.2. The van der Waals surface area contributed by atoms with Gasteiger partial charge in [-0.05, 0) is 45.8 Å². The van der Waals surface area contributed by atoms with Crippen LogP contribution in [-0.2, 0) is 6.54 Å². The van der Waals surface area contributed by atoms with Gasteiger partial charge in [0.15, 0.2) is 0 Å². The Morgan fingerprint density at radius 1 is 1.33 bits per heavy atom. The predicted octanol–water partition coefficient (Wildman–Crippen LogP) is 3.81. The molecule has 0 aliphatic carbocycles. The molecule has 0 radical (unpaired) electrons. The smallest absolute Gasteiger partial charge is 0.255 e. The number of aromatic nitrogens is 1. The lowest BCUT2D eigenvalue weighted by Crippen LogP contribution is -2.23. The van der Waals surface area contributed by atoms with Crippen molar-refractivity contribution in [3.05, 3.63) is 57.3 Å². The average Bonchev–Trinajstić information content (AvgIpc) is 2.44. The van der Waals surface area contributed by atoms with E-state index in [0.717, 1.165) is 10.0 Å². The molecule has 0 aliphatic rings. The van der Waals surface area contributed by atoms with Crippen LogP contribution in [0, 0.1) is 0 Å². The fourth-order valence-electron chi connectivity index (χ4n) is 1.84. The fraction of sp³-hybridized carbons (Fsp3) is 0.200. The summed E-state index contributed by atoms with van der Waals surface area (Å²) in [7, 11) is 3.44. The molecular formula is C15H15BrClN3O. The topological polar surface area (TPSA) is 45.2 Å². The van der Waals surface area contributed by atoms with Gasteiger partial charge in [-0.25, -0.2) is 0 Å². The highest BCUT2D eigenvalue weighted by molar-refractivity contribution is 9.10. The Bertz CT molecular complexity index is 661. The Labute approximate surface area is 137 Å². The Kier molecular flexibility index (Phi) is 5.20. The van der Waals surface area contributed by atoms with Crippen LogP contribution >= 0.6 is 27.5 Å². The minimum Gasteiger partial charge on any atom is -0.380 e. The molecule has 110 valence electrons. The molecule has 0 atom stereocenters. The van der Waals surface area contributed by atoms with Crippen LogP contribution in [0.5, 0.6) is 0 Å². The molecule has 4 nitrogen and oxygen atoms in total. The van der Waals surface area contributed by atoms with Gasteiger partial charge in [-0.3, -0.25) is 9.78 Å². The lowest BCUT2D eigenvalue weighted by Gasteiger charge is -2.16. The van der Waals surface area contributed by atoms with Crippen LogP contribution in [0.25, 0.3) is 0 Å². The molecule has 0 spiro atoms. The van der Waals surface area contributed by atoms with Gasteiger partial charge < -0.3 is 10.2 Å². The van der Waals surface area contributed by atoms with Gasteiger partial charge in [-0.2, -0.15) is 0 Å². The number of hydrogen-bond donors (Lipinski definition) is 1. The zero-order valence-electron chi connectivity index (χ0n) is 11.7. The molecule has 1 N–H and O–H groups in total. The van der Waals surface area contributed by atoms with E-state index in [2.05, 4.69) is 26.2 Å². The third-order valence-corrected chi connectivity index (χ3v) is 3.53. The minimum atomic E-state index is -0.0680. The second kappa shape index (κ2) is 6.91. The molecule has 1 amide bonds. The number of carbonyl (C=O) groups is 1. The third kappa shape index (κ3) is 4.19. The summed E-state index contributed by atoms with van der Waals surface area (Å²) in [5.41, 5.74) is 2.31. The van der Waals surface area contributed by atoms with Crippen LogP contribution in [0.1, 0.15) is 15.9 Å². The second-order valence-electron chi connectivity index (χ2n) is 4.75. The first-order chi connectivity index (χ1) is 9.97. The van der Waals surface area contributed by atoms with Crippen molar-refractivity contribution in [2.45, 2.75) is 6.54 Å². The number of anilines is 1. The Morgan fingerprint density at radius 3 is 2.76 bits per heavy atom. The molecule has 21 heavy (non-hydrogen) atoms. The van der Waals surface area contributed by atoms with Gasteiger partial charge in [0.25, 0.3) is 5.91 Å². The molecule has 2 aromatic rings. The maximum Gasteiger partial charge on any atom is 0.255 e. The number of carbonyl (C=O) groups excluding carboxylic acids is 1. The molecule has 1 heterocycles. The number of benzene rings is 1. The van der Waals surface area contributed by atoms with Crippen LogP contribution in [-0.4, -0.2) is 29.9 Å². The average molecular weight is 369 g/mol. The molecule has 0 unspecified atom stereocenters. The van der Waals surface area contributed by atoms with Crippen LogP contribution < -0.4 is 5.32 Å². The minimum absolute atomic E-state index is 0.0680. The Morgan fingerprint density at radius 2 is 2.10 bits per heavy atom. The van der Waals surface area contributed by atoms with Gasteiger partial charge in [0.05, 0.1) is 5.56 Å². The van der Waals surface area contributed by atoms with Crippen molar-refractivity contribution in [2.75, 3.05) is 19.4 Å². The summed E-state index contributed by atoms with van der Waals surface area (Å²) in [5.74, 6) is -0.0680. The van der Waals surface area contributed by atoms with Gasteiger partial charge in [0.1, 0.15) is 0 Å². The maximum atomic E-state index is 12.2. The van der Waals surface area contributed by atoms with E-state index in [9.17, 15) is 4.79 Å². The molecule has 0 bridgehead atoms. The SMILES string of the molecule is CN(C)C(=O)c1ccc(Cl)cc1NCc1cncc(Br)c1. The highest BCUT2D eigenvalue weighted by Crippen LogP contribution is 2.23. The first-order valence-electron chi connectivity index (χ1n) is 6.32. The van der Waals surface area contributed by atoms with Gasteiger partial charge in [-0.15, -0.1) is 0 Å². The Hall–Kier alpha value is -1.59. The summed E-state index contributed by atoms with van der Waals surface area (Å²) >= 11 is 9.41. The number of nitrogens with zero attached hydrogens (tertiary/aromatic N) is 2. The predicted molar refractivity (Wildman–Crippen MR) is 88.7 cm³/mol. The molecule has 2 rings (SSSR count). The standard InChI is InChI=1S/C15H15BrClN3O/c1-20(2)15(21)13-4-3-12(17)6-14(13)19-8-10-5-11(16)9-18-7-10/h3-7,9,19H,8H2,1-2H3. The summed E-state index contributed by atoms with van der Waals surface area (Å²) in [6.45, 7) is 0.556. The molecular weight excluding hydrogens is 354 g/mol. The molecule has 1 aromatic carbocycles. The lowest BCUT2D eigenvalue weighted by molar-refractivity contribution is 0.0828. The van der Waals surface area contributed by atoms with Crippen LogP contribution in [0.15, 0.2) is 41.1 Å². The second-order valence-corrected chi connectivity index (χ2v) is 6.11. The molecule has 0 saturated carbocycles. The van der Waals surface area contributed by atoms with Gasteiger partial charge >= 0.3 is 0 Å². The number of nitrogens with one attached hydrogen (secondary N) is 1. The monoisotopic (exact) mass is 367 g/mol. The fourth-order valence-corrected chi connectivity index (χ4v) is 2.42. The molecule has 0 aliphatic heterocycles. The molecule has 0 saturated heterocycles. The van der Waals surface area contributed by atoms with E-state index in [1.165, 1.54) is 4.90 Å². The van der Waals surface area contributed by atoms with E-state index >= 15 is 0 Å². The zero-order chi connectivity index (χ0) is 15.4. The quantitative estimate of drug-likeness (QED) is 0.892. The van der Waals surface area contributed by atoms with Gasteiger partial charge in [0.2, 0.25) is 0 Å². The summed E-state index contributed by atoms with van der Waals surface area (Å²) in [4.78, 5) is 17.8. The van der Waals surface area contributed by atoms with Gasteiger partial charge in [-0.1, -0.05) is 11.6 Å². The van der Waals surface area contributed by atoms with Crippen LogP contribution in [0.2, 0.25) is 5.02 Å². The lowest BCUT2D eigenvalue weighted by atomic mass is 10.1. The first kappa shape index (κ1) is 15.8. The molecule has 1 aromatic heterocycles. The summed E-state index contributed by atoms with van der Waals surface area (Å²) in [6, 6.07) is 7.16. The Balaban J connectivity index is 2.22. The van der Waals surface area contributed by atoms with E-state index in [0.29, 0.717) is 22.8 Å². The van der Waals surface area contributed by atoms with Crippen molar-refractivity contribution in [3.63, 3.8) is 0 Å². The van der Waals surface area contributed by atoms with Crippen molar-refractivity contribution in [2.24, 2.45) is 0 Å². The molecule has 6 heteroatoms. The summed E-state index contributed by atoms with van der Waals surface area (Å²) in [6.07, 6.45) is 3.50. The van der Waals surface area contributed by atoms with E-state index < -0.39 is 0 Å². The summed E-state index contributed by atoms with van der Waals surface area (Å²) in [5, 5.41) is 3.82. The number of hydrogen-bond acceptors (Lipinski definition) is 3.